The molecule has 0 bridgehead atoms. The second-order valence-corrected chi connectivity index (χ2v) is 4.74. The molecule has 1 heterocycles. The molecule has 5 heteroatoms. The van der Waals surface area contributed by atoms with Crippen LogP contribution in [0.25, 0.3) is 0 Å². The molecule has 0 saturated carbocycles. The summed E-state index contributed by atoms with van der Waals surface area (Å²) in [4.78, 5) is 0. The molecule has 0 spiro atoms. The van der Waals surface area contributed by atoms with Gasteiger partial charge >= 0.3 is 0 Å². The molecule has 2 aromatic rings. The van der Waals surface area contributed by atoms with Crippen LogP contribution in [0, 0.1) is 0 Å². The SMILES string of the molecule is Cn1nccc1C(O)c1ccc(Cl)cc1Br. The zero-order valence-corrected chi connectivity index (χ0v) is 10.9. The number of hydrogen-bond acceptors (Lipinski definition) is 2. The molecule has 1 aromatic heterocycles. The van der Waals surface area contributed by atoms with Gasteiger partial charge in [0, 0.05) is 28.3 Å². The quantitative estimate of drug-likeness (QED) is 0.926. The number of aromatic nitrogens is 2. The molecule has 0 radical (unpaired) electrons. The average Bonchev–Trinajstić information content (AvgIpc) is 2.63. The fourth-order valence-electron chi connectivity index (χ4n) is 1.53. The number of aliphatic hydroxyl groups is 1. The standard InChI is InChI=1S/C11H10BrClN2O/c1-15-10(4-5-14-15)11(16)8-3-2-7(13)6-9(8)12/h2-6,11,16H,1H3. The topological polar surface area (TPSA) is 38.0 Å². The molecule has 2 rings (SSSR count). The molecule has 0 saturated heterocycles. The van der Waals surface area contributed by atoms with Crippen molar-refractivity contribution in [2.24, 2.45) is 7.05 Å². The molecule has 3 nitrogen and oxygen atoms in total. The van der Waals surface area contributed by atoms with Gasteiger partial charge in [0.2, 0.25) is 0 Å². The van der Waals surface area contributed by atoms with E-state index in [9.17, 15) is 5.11 Å². The number of aliphatic hydroxyl groups excluding tert-OH is 1. The van der Waals surface area contributed by atoms with E-state index >= 15 is 0 Å². The summed E-state index contributed by atoms with van der Waals surface area (Å²) in [5.41, 5.74) is 1.51. The smallest absolute Gasteiger partial charge is 0.122 e. The van der Waals surface area contributed by atoms with Gasteiger partial charge in [0.05, 0.1) is 5.69 Å². The molecule has 0 fully saturated rings. The van der Waals surface area contributed by atoms with E-state index in [2.05, 4.69) is 21.0 Å². The Balaban J connectivity index is 2.41. The molecule has 1 aromatic carbocycles. The van der Waals surface area contributed by atoms with E-state index in [4.69, 9.17) is 11.6 Å². The van der Waals surface area contributed by atoms with Gasteiger partial charge in [-0.1, -0.05) is 33.6 Å². The van der Waals surface area contributed by atoms with Gasteiger partial charge < -0.3 is 5.11 Å². The minimum Gasteiger partial charge on any atom is -0.382 e. The van der Waals surface area contributed by atoms with Crippen LogP contribution in [0.1, 0.15) is 17.4 Å². The van der Waals surface area contributed by atoms with Gasteiger partial charge in [-0.25, -0.2) is 0 Å². The molecule has 1 N–H and O–H groups in total. The van der Waals surface area contributed by atoms with Crippen molar-refractivity contribution in [1.82, 2.24) is 9.78 Å². The minimum atomic E-state index is -0.709. The zero-order valence-electron chi connectivity index (χ0n) is 8.56. The lowest BCUT2D eigenvalue weighted by atomic mass is 10.1. The summed E-state index contributed by atoms with van der Waals surface area (Å²) < 4.78 is 2.43. The van der Waals surface area contributed by atoms with Crippen LogP contribution in [0.4, 0.5) is 0 Å². The molecular weight excluding hydrogens is 291 g/mol. The first kappa shape index (κ1) is 11.6. The Morgan fingerprint density at radius 2 is 2.19 bits per heavy atom. The van der Waals surface area contributed by atoms with E-state index < -0.39 is 6.10 Å². The average molecular weight is 302 g/mol. The molecular formula is C11H10BrClN2O. The lowest BCUT2D eigenvalue weighted by molar-refractivity contribution is 0.209. The van der Waals surface area contributed by atoms with Crippen molar-refractivity contribution >= 4 is 27.5 Å². The van der Waals surface area contributed by atoms with Crippen LogP contribution in [-0.4, -0.2) is 14.9 Å². The maximum absolute atomic E-state index is 10.2. The third-order valence-electron chi connectivity index (χ3n) is 2.40. The number of aryl methyl sites for hydroxylation is 1. The van der Waals surface area contributed by atoms with Crippen molar-refractivity contribution in [2.45, 2.75) is 6.10 Å². The maximum Gasteiger partial charge on any atom is 0.122 e. The van der Waals surface area contributed by atoms with Crippen molar-refractivity contribution in [3.63, 3.8) is 0 Å². The van der Waals surface area contributed by atoms with Crippen molar-refractivity contribution in [3.05, 3.63) is 51.2 Å². The van der Waals surface area contributed by atoms with Gasteiger partial charge in [-0.05, 0) is 18.2 Å². The number of benzene rings is 1. The molecule has 84 valence electrons. The third kappa shape index (κ3) is 2.14. The summed E-state index contributed by atoms with van der Waals surface area (Å²) in [6.07, 6.45) is 0.946. The third-order valence-corrected chi connectivity index (χ3v) is 3.32. The predicted molar refractivity (Wildman–Crippen MR) is 66.4 cm³/mol. The highest BCUT2D eigenvalue weighted by Crippen LogP contribution is 2.30. The Hall–Kier alpha value is -0.840. The van der Waals surface area contributed by atoms with Gasteiger partial charge in [0.25, 0.3) is 0 Å². The number of nitrogens with zero attached hydrogens (tertiary/aromatic N) is 2. The van der Waals surface area contributed by atoms with Crippen LogP contribution in [0.3, 0.4) is 0 Å². The van der Waals surface area contributed by atoms with Crippen LogP contribution >= 0.6 is 27.5 Å². The minimum absolute atomic E-state index is 0.632. The number of halogens is 2. The van der Waals surface area contributed by atoms with E-state index in [1.807, 2.05) is 0 Å². The Bertz CT molecular complexity index is 512. The van der Waals surface area contributed by atoms with Gasteiger partial charge in [0.1, 0.15) is 6.10 Å². The summed E-state index contributed by atoms with van der Waals surface area (Å²) in [7, 11) is 1.79. The van der Waals surface area contributed by atoms with Crippen LogP contribution in [0.5, 0.6) is 0 Å². The molecule has 1 unspecified atom stereocenters. The zero-order chi connectivity index (χ0) is 11.7. The summed E-state index contributed by atoms with van der Waals surface area (Å²) >= 11 is 9.23. The Morgan fingerprint density at radius 1 is 1.44 bits per heavy atom. The predicted octanol–water partition coefficient (Wildman–Crippen LogP) is 2.92. The first-order chi connectivity index (χ1) is 7.59. The van der Waals surface area contributed by atoms with Gasteiger partial charge in [0.15, 0.2) is 0 Å². The van der Waals surface area contributed by atoms with E-state index in [-0.39, 0.29) is 0 Å². The van der Waals surface area contributed by atoms with Crippen LogP contribution in [0.2, 0.25) is 5.02 Å². The van der Waals surface area contributed by atoms with Gasteiger partial charge in [-0.15, -0.1) is 0 Å². The Kier molecular flexibility index (Phi) is 3.33. The highest BCUT2D eigenvalue weighted by molar-refractivity contribution is 9.10. The Morgan fingerprint density at radius 3 is 2.75 bits per heavy atom. The molecule has 0 aliphatic carbocycles. The molecule has 1 atom stereocenters. The summed E-state index contributed by atoms with van der Waals surface area (Å²) in [5, 5.41) is 14.9. The lowest BCUT2D eigenvalue weighted by Gasteiger charge is -2.13. The van der Waals surface area contributed by atoms with E-state index in [1.165, 1.54) is 0 Å². The highest BCUT2D eigenvalue weighted by atomic mass is 79.9. The van der Waals surface area contributed by atoms with Gasteiger partial charge in [-0.3, -0.25) is 4.68 Å². The van der Waals surface area contributed by atoms with Crippen molar-refractivity contribution in [2.75, 3.05) is 0 Å². The second-order valence-electron chi connectivity index (χ2n) is 3.45. The lowest BCUT2D eigenvalue weighted by Crippen LogP contribution is -2.07. The first-order valence-electron chi connectivity index (χ1n) is 4.70. The normalized spacial score (nSPS) is 12.8. The number of hydrogen-bond donors (Lipinski definition) is 1. The fraction of sp³-hybridized carbons (Fsp3) is 0.182. The van der Waals surface area contributed by atoms with E-state index in [1.54, 1.807) is 42.2 Å². The summed E-state index contributed by atoms with van der Waals surface area (Å²) in [6.45, 7) is 0. The maximum atomic E-state index is 10.2. The Labute approximate surface area is 107 Å². The van der Waals surface area contributed by atoms with Gasteiger partial charge in [-0.2, -0.15) is 5.10 Å². The largest absolute Gasteiger partial charge is 0.382 e. The highest BCUT2D eigenvalue weighted by Gasteiger charge is 2.16. The molecule has 0 amide bonds. The number of rotatable bonds is 2. The second kappa shape index (κ2) is 4.57. The van der Waals surface area contributed by atoms with Crippen LogP contribution in [-0.2, 0) is 7.05 Å². The van der Waals surface area contributed by atoms with Crippen molar-refractivity contribution < 1.29 is 5.11 Å². The van der Waals surface area contributed by atoms with Crippen molar-refractivity contribution in [1.29, 1.82) is 0 Å². The van der Waals surface area contributed by atoms with Crippen LogP contribution < -0.4 is 0 Å². The summed E-state index contributed by atoms with van der Waals surface area (Å²) in [5.74, 6) is 0. The first-order valence-corrected chi connectivity index (χ1v) is 5.87. The summed E-state index contributed by atoms with van der Waals surface area (Å²) in [6, 6.07) is 7.09. The van der Waals surface area contributed by atoms with Crippen LogP contribution in [0.15, 0.2) is 34.9 Å². The molecule has 0 aliphatic heterocycles. The molecule has 0 aliphatic rings. The van der Waals surface area contributed by atoms with Crippen molar-refractivity contribution in [3.8, 4) is 0 Å². The molecule has 16 heavy (non-hydrogen) atoms. The fourth-order valence-corrected chi connectivity index (χ4v) is 2.43. The van der Waals surface area contributed by atoms with E-state index in [0.717, 1.165) is 15.7 Å². The monoisotopic (exact) mass is 300 g/mol. The van der Waals surface area contributed by atoms with E-state index in [0.29, 0.717) is 5.02 Å².